The lowest BCUT2D eigenvalue weighted by atomic mass is 9.93. The molecule has 4 rings (SSSR count). The minimum atomic E-state index is -1.71. The first kappa shape index (κ1) is 21.5. The summed E-state index contributed by atoms with van der Waals surface area (Å²) in [4.78, 5) is 35.1. The Morgan fingerprint density at radius 1 is 1.03 bits per heavy atom. The quantitative estimate of drug-likeness (QED) is 0.624. The van der Waals surface area contributed by atoms with Crippen LogP contribution in [0.4, 0.5) is 4.79 Å². The summed E-state index contributed by atoms with van der Waals surface area (Å²) in [7, 11) is 0. The molecule has 0 bridgehead atoms. The Kier molecular flexibility index (Phi) is 5.65. The number of amides is 1. The number of aryl methyl sites for hydroxylation is 1. The molecule has 1 aromatic heterocycles. The van der Waals surface area contributed by atoms with Gasteiger partial charge in [0, 0.05) is 24.9 Å². The van der Waals surface area contributed by atoms with Crippen molar-refractivity contribution in [2.45, 2.75) is 32.2 Å². The van der Waals surface area contributed by atoms with Gasteiger partial charge in [0.2, 0.25) is 0 Å². The van der Waals surface area contributed by atoms with Crippen LogP contribution >= 0.6 is 0 Å². The van der Waals surface area contributed by atoms with Crippen molar-refractivity contribution in [2.75, 3.05) is 13.2 Å². The molecule has 1 N–H and O–H groups in total. The van der Waals surface area contributed by atoms with Gasteiger partial charge in [-0.05, 0) is 43.0 Å². The van der Waals surface area contributed by atoms with Gasteiger partial charge in [-0.15, -0.1) is 0 Å². The van der Waals surface area contributed by atoms with Crippen LogP contribution in [0.3, 0.4) is 0 Å². The molecule has 0 saturated heterocycles. The molecule has 1 unspecified atom stereocenters. The third kappa shape index (κ3) is 3.39. The maximum atomic E-state index is 13.2. The van der Waals surface area contributed by atoms with Gasteiger partial charge < -0.3 is 9.84 Å². The third-order valence-electron chi connectivity index (χ3n) is 6.17. The zero-order chi connectivity index (χ0) is 22.9. The number of carboxylic acids is 1. The fourth-order valence-electron chi connectivity index (χ4n) is 4.53. The number of aromatic nitrogens is 2. The van der Waals surface area contributed by atoms with Crippen LogP contribution in [-0.2, 0) is 15.1 Å². The summed E-state index contributed by atoms with van der Waals surface area (Å²) in [6.45, 7) is 5.09. The molecule has 32 heavy (non-hydrogen) atoms. The maximum Gasteiger partial charge on any atom is 0.411 e. The van der Waals surface area contributed by atoms with Crippen LogP contribution in [0.5, 0.6) is 0 Å². The van der Waals surface area contributed by atoms with Gasteiger partial charge in [-0.2, -0.15) is 0 Å². The number of hydrogen-bond acceptors (Lipinski definition) is 5. The predicted octanol–water partition coefficient (Wildman–Crippen LogP) is 4.36. The molecule has 1 aliphatic rings. The standard InChI is InChI=1S/C25H25N3O4/c1-4-28(25(3,23(29)30)22-16(2)26-13-14-27-22)24(31)32-15-21-19-11-7-5-9-17(19)18-10-6-8-12-20(18)21/h5-14,21H,4,15H2,1-3H3,(H,29,30). The topological polar surface area (TPSA) is 92.6 Å². The van der Waals surface area contributed by atoms with E-state index >= 15 is 0 Å². The zero-order valence-electron chi connectivity index (χ0n) is 18.3. The van der Waals surface area contributed by atoms with E-state index in [1.807, 2.05) is 36.4 Å². The van der Waals surface area contributed by atoms with E-state index in [-0.39, 0.29) is 24.8 Å². The number of rotatable bonds is 6. The Bertz CT molecular complexity index is 1130. The summed E-state index contributed by atoms with van der Waals surface area (Å²) in [5, 5.41) is 10.1. The fourth-order valence-corrected chi connectivity index (χ4v) is 4.53. The van der Waals surface area contributed by atoms with E-state index in [0.717, 1.165) is 22.3 Å². The molecule has 0 aliphatic heterocycles. The van der Waals surface area contributed by atoms with Crippen LogP contribution in [0, 0.1) is 6.92 Å². The average Bonchev–Trinajstić information content (AvgIpc) is 3.12. The minimum absolute atomic E-state index is 0.110. The van der Waals surface area contributed by atoms with E-state index < -0.39 is 17.6 Å². The molecule has 1 atom stereocenters. The SMILES string of the molecule is CCN(C(=O)OCC1c2ccccc2-c2ccccc21)C(C)(C(=O)O)c1nccnc1C. The summed E-state index contributed by atoms with van der Waals surface area (Å²) < 4.78 is 5.73. The number of fused-ring (bicyclic) bond motifs is 3. The van der Waals surface area contributed by atoms with Crippen molar-refractivity contribution in [3.8, 4) is 11.1 Å². The number of carbonyl (C=O) groups is 2. The van der Waals surface area contributed by atoms with Gasteiger partial charge in [0.05, 0.1) is 11.4 Å². The molecule has 0 radical (unpaired) electrons. The highest BCUT2D eigenvalue weighted by Crippen LogP contribution is 2.44. The number of aliphatic carboxylic acids is 1. The van der Waals surface area contributed by atoms with Crippen molar-refractivity contribution >= 4 is 12.1 Å². The number of nitrogens with zero attached hydrogens (tertiary/aromatic N) is 3. The van der Waals surface area contributed by atoms with Crippen molar-refractivity contribution < 1.29 is 19.4 Å². The Morgan fingerprint density at radius 3 is 2.12 bits per heavy atom. The van der Waals surface area contributed by atoms with Gasteiger partial charge in [0.15, 0.2) is 5.54 Å². The first-order chi connectivity index (χ1) is 15.4. The monoisotopic (exact) mass is 431 g/mol. The van der Waals surface area contributed by atoms with Gasteiger partial charge in [0.25, 0.3) is 0 Å². The molecule has 164 valence electrons. The Labute approximate surface area is 186 Å². The van der Waals surface area contributed by atoms with Crippen LogP contribution < -0.4 is 0 Å². The molecule has 1 heterocycles. The number of carbonyl (C=O) groups excluding carboxylic acids is 1. The second-order valence-electron chi connectivity index (χ2n) is 7.92. The van der Waals surface area contributed by atoms with E-state index in [1.165, 1.54) is 24.2 Å². The normalized spacial score (nSPS) is 14.2. The highest BCUT2D eigenvalue weighted by Gasteiger charge is 2.47. The first-order valence-corrected chi connectivity index (χ1v) is 10.5. The summed E-state index contributed by atoms with van der Waals surface area (Å²) in [5.74, 6) is -1.31. The van der Waals surface area contributed by atoms with Crippen LogP contribution in [0.1, 0.15) is 42.3 Å². The molecule has 7 heteroatoms. The van der Waals surface area contributed by atoms with E-state index in [4.69, 9.17) is 4.74 Å². The van der Waals surface area contributed by atoms with E-state index in [2.05, 4.69) is 22.1 Å². The molecule has 1 amide bonds. The lowest BCUT2D eigenvalue weighted by Gasteiger charge is -2.36. The Balaban J connectivity index is 1.62. The van der Waals surface area contributed by atoms with Gasteiger partial charge in [-0.1, -0.05) is 48.5 Å². The van der Waals surface area contributed by atoms with Gasteiger partial charge in [-0.25, -0.2) is 9.59 Å². The van der Waals surface area contributed by atoms with Gasteiger partial charge >= 0.3 is 12.1 Å². The zero-order valence-corrected chi connectivity index (χ0v) is 18.3. The van der Waals surface area contributed by atoms with Crippen molar-refractivity contribution in [1.29, 1.82) is 0 Å². The summed E-state index contributed by atoms with van der Waals surface area (Å²) in [5.41, 5.74) is 3.38. The largest absolute Gasteiger partial charge is 0.479 e. The lowest BCUT2D eigenvalue weighted by Crippen LogP contribution is -2.53. The van der Waals surface area contributed by atoms with E-state index in [0.29, 0.717) is 5.69 Å². The second kappa shape index (κ2) is 8.42. The third-order valence-corrected chi connectivity index (χ3v) is 6.17. The van der Waals surface area contributed by atoms with Crippen molar-refractivity contribution in [1.82, 2.24) is 14.9 Å². The number of carboxylic acid groups (broad SMARTS) is 1. The molecule has 2 aromatic carbocycles. The Morgan fingerprint density at radius 2 is 1.59 bits per heavy atom. The molecule has 0 saturated carbocycles. The maximum absolute atomic E-state index is 13.2. The average molecular weight is 431 g/mol. The molecular formula is C25H25N3O4. The highest BCUT2D eigenvalue weighted by atomic mass is 16.6. The predicted molar refractivity (Wildman–Crippen MR) is 119 cm³/mol. The smallest absolute Gasteiger partial charge is 0.411 e. The molecule has 3 aromatic rings. The number of likely N-dealkylation sites (N-methyl/N-ethyl adjacent to an activating group) is 1. The first-order valence-electron chi connectivity index (χ1n) is 10.5. The highest BCUT2D eigenvalue weighted by molar-refractivity contribution is 5.85. The molecule has 7 nitrogen and oxygen atoms in total. The molecular weight excluding hydrogens is 406 g/mol. The van der Waals surface area contributed by atoms with E-state index in [9.17, 15) is 14.7 Å². The van der Waals surface area contributed by atoms with Crippen LogP contribution in [0.2, 0.25) is 0 Å². The van der Waals surface area contributed by atoms with E-state index in [1.54, 1.807) is 13.8 Å². The summed E-state index contributed by atoms with van der Waals surface area (Å²) in [6.07, 6.45) is 2.21. The Hall–Kier alpha value is -3.74. The summed E-state index contributed by atoms with van der Waals surface area (Å²) >= 11 is 0. The van der Waals surface area contributed by atoms with Crippen LogP contribution in [0.25, 0.3) is 11.1 Å². The van der Waals surface area contributed by atoms with Crippen molar-refractivity contribution in [3.05, 3.63) is 83.4 Å². The lowest BCUT2D eigenvalue weighted by molar-refractivity contribution is -0.150. The summed E-state index contributed by atoms with van der Waals surface area (Å²) in [6, 6.07) is 16.1. The van der Waals surface area contributed by atoms with Crippen LogP contribution in [0.15, 0.2) is 60.9 Å². The molecule has 0 fully saturated rings. The van der Waals surface area contributed by atoms with Gasteiger partial charge in [0.1, 0.15) is 6.61 Å². The number of benzene rings is 2. The second-order valence-corrected chi connectivity index (χ2v) is 7.92. The van der Waals surface area contributed by atoms with Crippen molar-refractivity contribution in [3.63, 3.8) is 0 Å². The molecule has 0 spiro atoms. The van der Waals surface area contributed by atoms with Crippen molar-refractivity contribution in [2.24, 2.45) is 0 Å². The van der Waals surface area contributed by atoms with Crippen LogP contribution in [-0.4, -0.2) is 45.2 Å². The molecule has 1 aliphatic carbocycles. The number of hydrogen-bond donors (Lipinski definition) is 1. The minimum Gasteiger partial charge on any atom is -0.479 e. The number of ether oxygens (including phenoxy) is 1. The van der Waals surface area contributed by atoms with Gasteiger partial charge in [-0.3, -0.25) is 14.9 Å². The fraction of sp³-hybridized carbons (Fsp3) is 0.280.